The van der Waals surface area contributed by atoms with Crippen LogP contribution < -0.4 is 15.2 Å². The number of aromatic amines is 1. The van der Waals surface area contributed by atoms with Crippen molar-refractivity contribution in [2.75, 3.05) is 6.79 Å². The van der Waals surface area contributed by atoms with E-state index in [2.05, 4.69) is 25.9 Å². The summed E-state index contributed by atoms with van der Waals surface area (Å²) in [5.41, 5.74) is 2.33. The second kappa shape index (κ2) is 5.57. The maximum Gasteiger partial charge on any atom is 0.326 e. The molecule has 6 nitrogen and oxygen atoms in total. The van der Waals surface area contributed by atoms with Crippen LogP contribution in [0.4, 0.5) is 4.39 Å². The van der Waals surface area contributed by atoms with E-state index >= 15 is 0 Å². The van der Waals surface area contributed by atoms with Crippen LogP contribution in [0.5, 0.6) is 11.5 Å². The number of hydrogen-bond donors (Lipinski definition) is 1. The number of nitrogens with one attached hydrogen (secondary N) is 1. The van der Waals surface area contributed by atoms with E-state index in [4.69, 9.17) is 9.47 Å². The number of hydrogen-bond acceptors (Lipinski definition) is 4. The summed E-state index contributed by atoms with van der Waals surface area (Å²) in [5.74, 6) is 0.827. The van der Waals surface area contributed by atoms with E-state index in [0.29, 0.717) is 38.1 Å². The summed E-state index contributed by atoms with van der Waals surface area (Å²) in [7, 11) is 0. The quantitative estimate of drug-likeness (QED) is 0.543. The lowest BCUT2D eigenvalue weighted by Gasteiger charge is -2.08. The molecule has 0 saturated heterocycles. The zero-order valence-electron chi connectivity index (χ0n) is 13.3. The van der Waals surface area contributed by atoms with Gasteiger partial charge < -0.3 is 14.5 Å². The Kier molecular flexibility index (Phi) is 3.30. The summed E-state index contributed by atoms with van der Waals surface area (Å²) in [6.45, 7) is 0.378. The molecule has 3 heterocycles. The van der Waals surface area contributed by atoms with E-state index < -0.39 is 0 Å². The molecule has 0 fully saturated rings. The van der Waals surface area contributed by atoms with Crippen molar-refractivity contribution in [2.45, 2.75) is 6.54 Å². The molecule has 130 valence electrons. The third-order valence-electron chi connectivity index (χ3n) is 4.43. The fourth-order valence-corrected chi connectivity index (χ4v) is 3.50. The van der Waals surface area contributed by atoms with E-state index in [1.165, 1.54) is 6.07 Å². The molecule has 2 aromatic heterocycles. The Morgan fingerprint density at radius 3 is 3.00 bits per heavy atom. The van der Waals surface area contributed by atoms with Gasteiger partial charge in [-0.3, -0.25) is 4.57 Å². The SMILES string of the molecule is O=c1[nH]c2cnc3c4c(ccc3c2n1Cc1ccc(Br)c(F)c1)OCO4. The van der Waals surface area contributed by atoms with Gasteiger partial charge in [-0.25, -0.2) is 14.2 Å². The molecule has 0 spiro atoms. The van der Waals surface area contributed by atoms with Crippen LogP contribution in [0.25, 0.3) is 21.9 Å². The van der Waals surface area contributed by atoms with Crippen molar-refractivity contribution in [3.8, 4) is 11.5 Å². The highest BCUT2D eigenvalue weighted by Gasteiger charge is 2.21. The summed E-state index contributed by atoms with van der Waals surface area (Å²) in [6, 6.07) is 8.46. The first-order valence-electron chi connectivity index (χ1n) is 7.85. The minimum Gasteiger partial charge on any atom is -0.454 e. The predicted molar refractivity (Wildman–Crippen MR) is 97.2 cm³/mol. The van der Waals surface area contributed by atoms with Gasteiger partial charge in [0.2, 0.25) is 6.79 Å². The average molecular weight is 416 g/mol. The molecule has 1 aliphatic heterocycles. The molecule has 1 aliphatic rings. The molecule has 5 rings (SSSR count). The average Bonchev–Trinajstić information content (AvgIpc) is 3.22. The number of nitrogens with zero attached hydrogens (tertiary/aromatic N) is 2. The molecule has 0 radical (unpaired) electrons. The third kappa shape index (κ3) is 2.22. The van der Waals surface area contributed by atoms with E-state index in [9.17, 15) is 9.18 Å². The van der Waals surface area contributed by atoms with Crippen molar-refractivity contribution < 1.29 is 13.9 Å². The van der Waals surface area contributed by atoms with E-state index in [1.807, 2.05) is 6.07 Å². The number of ether oxygens (including phenoxy) is 2. The van der Waals surface area contributed by atoms with Crippen molar-refractivity contribution in [1.29, 1.82) is 0 Å². The molecule has 26 heavy (non-hydrogen) atoms. The summed E-state index contributed by atoms with van der Waals surface area (Å²) in [5, 5.41) is 0.766. The first-order valence-corrected chi connectivity index (χ1v) is 8.65. The van der Waals surface area contributed by atoms with Crippen molar-refractivity contribution in [3.05, 3.63) is 62.9 Å². The summed E-state index contributed by atoms with van der Waals surface area (Å²) in [4.78, 5) is 19.7. The maximum atomic E-state index is 13.8. The first-order chi connectivity index (χ1) is 12.6. The van der Waals surface area contributed by atoms with Gasteiger partial charge in [-0.1, -0.05) is 6.07 Å². The fraction of sp³-hybridized carbons (Fsp3) is 0.111. The number of benzene rings is 2. The Morgan fingerprint density at radius 2 is 2.15 bits per heavy atom. The minimum atomic E-state index is -0.370. The van der Waals surface area contributed by atoms with Crippen molar-refractivity contribution >= 4 is 37.9 Å². The van der Waals surface area contributed by atoms with Crippen LogP contribution in [0, 0.1) is 5.82 Å². The van der Waals surface area contributed by atoms with E-state index in [-0.39, 0.29) is 24.8 Å². The monoisotopic (exact) mass is 415 g/mol. The second-order valence-corrected chi connectivity index (χ2v) is 6.84. The summed E-state index contributed by atoms with van der Waals surface area (Å²) >= 11 is 3.14. The molecular formula is C18H11BrFN3O3. The van der Waals surface area contributed by atoms with Crippen LogP contribution in [0.3, 0.4) is 0 Å². The van der Waals surface area contributed by atoms with Crippen LogP contribution in [-0.2, 0) is 6.54 Å². The Balaban J connectivity index is 1.75. The normalized spacial score (nSPS) is 13.0. The minimum absolute atomic E-state index is 0.145. The van der Waals surface area contributed by atoms with Crippen molar-refractivity contribution in [3.63, 3.8) is 0 Å². The van der Waals surface area contributed by atoms with Crippen molar-refractivity contribution in [1.82, 2.24) is 14.5 Å². The van der Waals surface area contributed by atoms with Crippen LogP contribution in [0.15, 0.2) is 45.8 Å². The maximum absolute atomic E-state index is 13.8. The van der Waals surface area contributed by atoms with Gasteiger partial charge >= 0.3 is 5.69 Å². The zero-order chi connectivity index (χ0) is 17.8. The molecule has 0 bridgehead atoms. The number of aromatic nitrogens is 3. The third-order valence-corrected chi connectivity index (χ3v) is 5.07. The van der Waals surface area contributed by atoms with Gasteiger partial charge in [-0.2, -0.15) is 0 Å². The van der Waals surface area contributed by atoms with Gasteiger partial charge in [0.25, 0.3) is 0 Å². The zero-order valence-corrected chi connectivity index (χ0v) is 14.8. The molecule has 8 heteroatoms. The van der Waals surface area contributed by atoms with Gasteiger partial charge in [0.05, 0.1) is 28.2 Å². The molecule has 4 aromatic rings. The van der Waals surface area contributed by atoms with Crippen LogP contribution in [0.2, 0.25) is 0 Å². The lowest BCUT2D eigenvalue weighted by molar-refractivity contribution is 0.174. The number of pyridine rings is 1. The summed E-state index contributed by atoms with van der Waals surface area (Å²) < 4.78 is 26.7. The van der Waals surface area contributed by atoms with E-state index in [0.717, 1.165) is 5.39 Å². The highest BCUT2D eigenvalue weighted by atomic mass is 79.9. The molecule has 0 aliphatic carbocycles. The predicted octanol–water partition coefficient (Wildman–Crippen LogP) is 3.56. The molecular weight excluding hydrogens is 405 g/mol. The topological polar surface area (TPSA) is 69.1 Å². The van der Waals surface area contributed by atoms with Gasteiger partial charge in [0, 0.05) is 5.39 Å². The lowest BCUT2D eigenvalue weighted by Crippen LogP contribution is -2.17. The Labute approximate surface area is 154 Å². The molecule has 0 amide bonds. The molecule has 2 aromatic carbocycles. The molecule has 0 atom stereocenters. The number of imidazole rings is 1. The molecule has 1 N–H and O–H groups in total. The Bertz CT molecular complexity index is 1250. The number of H-pyrrole nitrogens is 1. The fourth-order valence-electron chi connectivity index (χ4n) is 3.25. The van der Waals surface area contributed by atoms with Crippen LogP contribution in [0.1, 0.15) is 5.56 Å². The smallest absolute Gasteiger partial charge is 0.326 e. The highest BCUT2D eigenvalue weighted by Crippen LogP contribution is 2.39. The van der Waals surface area contributed by atoms with Gasteiger partial charge in [-0.05, 0) is 45.8 Å². The molecule has 0 unspecified atom stereocenters. The number of rotatable bonds is 2. The number of halogens is 2. The summed E-state index contributed by atoms with van der Waals surface area (Å²) in [6.07, 6.45) is 1.60. The van der Waals surface area contributed by atoms with Gasteiger partial charge in [0.1, 0.15) is 11.3 Å². The Hall–Kier alpha value is -2.87. The van der Waals surface area contributed by atoms with Gasteiger partial charge in [0.15, 0.2) is 11.5 Å². The van der Waals surface area contributed by atoms with Crippen LogP contribution in [-0.4, -0.2) is 21.3 Å². The first kappa shape index (κ1) is 15.4. The largest absolute Gasteiger partial charge is 0.454 e. The Morgan fingerprint density at radius 1 is 1.27 bits per heavy atom. The van der Waals surface area contributed by atoms with Gasteiger partial charge in [-0.15, -0.1) is 0 Å². The van der Waals surface area contributed by atoms with E-state index in [1.54, 1.807) is 29.0 Å². The highest BCUT2D eigenvalue weighted by molar-refractivity contribution is 9.10. The number of fused-ring (bicyclic) bond motifs is 5. The second-order valence-electron chi connectivity index (χ2n) is 5.98. The van der Waals surface area contributed by atoms with Crippen molar-refractivity contribution in [2.24, 2.45) is 0 Å². The molecule has 0 saturated carbocycles. The van der Waals surface area contributed by atoms with Crippen LogP contribution >= 0.6 is 15.9 Å². The lowest BCUT2D eigenvalue weighted by atomic mass is 10.1. The standard InChI is InChI=1S/C18H11BrFN3O3/c19-11-3-1-9(5-12(11)20)7-23-16-10-2-4-14-17(26-8-25-14)15(10)21-6-13(16)22-18(23)24/h1-6H,7-8H2,(H,22,24).